The van der Waals surface area contributed by atoms with Gasteiger partial charge in [-0.2, -0.15) is 0 Å². The molecule has 1 aliphatic heterocycles. The standard InChI is InChI=1S/C18H25NO4/c1-18(2,10-6-9-14-7-4-3-5-8-14)17(22)19-11-12-23-15(13-19)16(20)21/h3-5,7-8,15H,6,9-13H2,1-2H3,(H,20,21). The lowest BCUT2D eigenvalue weighted by molar-refractivity contribution is -0.162. The minimum absolute atomic E-state index is 0.0140. The summed E-state index contributed by atoms with van der Waals surface area (Å²) in [5.41, 5.74) is 0.780. The zero-order valence-electron chi connectivity index (χ0n) is 13.8. The predicted molar refractivity (Wildman–Crippen MR) is 87.1 cm³/mol. The average molecular weight is 319 g/mol. The van der Waals surface area contributed by atoms with Gasteiger partial charge in [0.2, 0.25) is 5.91 Å². The first-order valence-corrected chi connectivity index (χ1v) is 8.08. The molecule has 126 valence electrons. The number of hydrogen-bond acceptors (Lipinski definition) is 3. The number of aryl methyl sites for hydroxylation is 1. The summed E-state index contributed by atoms with van der Waals surface area (Å²) in [6.07, 6.45) is 1.73. The first-order chi connectivity index (χ1) is 10.9. The molecular formula is C18H25NO4. The maximum absolute atomic E-state index is 12.7. The first-order valence-electron chi connectivity index (χ1n) is 8.08. The molecule has 5 heteroatoms. The van der Waals surface area contributed by atoms with Gasteiger partial charge in [-0.15, -0.1) is 0 Å². The molecule has 2 rings (SSSR count). The lowest BCUT2D eigenvalue weighted by atomic mass is 9.84. The number of hydrogen-bond donors (Lipinski definition) is 1. The molecule has 1 aromatic rings. The minimum atomic E-state index is -1.01. The quantitative estimate of drug-likeness (QED) is 0.874. The number of morpholine rings is 1. The van der Waals surface area contributed by atoms with Crippen molar-refractivity contribution in [1.29, 1.82) is 0 Å². The highest BCUT2D eigenvalue weighted by molar-refractivity contribution is 5.83. The molecule has 1 unspecified atom stereocenters. The van der Waals surface area contributed by atoms with Gasteiger partial charge in [0.05, 0.1) is 13.2 Å². The largest absolute Gasteiger partial charge is 0.479 e. The third-order valence-electron chi connectivity index (χ3n) is 4.32. The van der Waals surface area contributed by atoms with E-state index >= 15 is 0 Å². The van der Waals surface area contributed by atoms with Gasteiger partial charge in [0.15, 0.2) is 6.10 Å². The van der Waals surface area contributed by atoms with E-state index in [2.05, 4.69) is 12.1 Å². The van der Waals surface area contributed by atoms with E-state index in [-0.39, 0.29) is 19.1 Å². The van der Waals surface area contributed by atoms with Crippen LogP contribution in [0.3, 0.4) is 0 Å². The molecule has 1 aromatic carbocycles. The zero-order valence-corrected chi connectivity index (χ0v) is 13.8. The lowest BCUT2D eigenvalue weighted by Crippen LogP contribution is -2.52. The molecule has 23 heavy (non-hydrogen) atoms. The number of carboxylic acids is 1. The van der Waals surface area contributed by atoms with Crippen LogP contribution in [-0.2, 0) is 20.7 Å². The van der Waals surface area contributed by atoms with Crippen LogP contribution in [0.1, 0.15) is 32.3 Å². The Balaban J connectivity index is 1.87. The second-order valence-electron chi connectivity index (χ2n) is 6.67. The molecule has 1 fully saturated rings. The van der Waals surface area contributed by atoms with Crippen LogP contribution >= 0.6 is 0 Å². The molecule has 0 radical (unpaired) electrons. The van der Waals surface area contributed by atoms with Crippen molar-refractivity contribution in [3.63, 3.8) is 0 Å². The number of aliphatic carboxylic acids is 1. The van der Waals surface area contributed by atoms with Crippen LogP contribution in [0.5, 0.6) is 0 Å². The Morgan fingerprint density at radius 2 is 2.00 bits per heavy atom. The number of carbonyl (C=O) groups excluding carboxylic acids is 1. The van der Waals surface area contributed by atoms with Crippen LogP contribution in [0.15, 0.2) is 30.3 Å². The number of carbonyl (C=O) groups is 2. The topological polar surface area (TPSA) is 66.8 Å². The van der Waals surface area contributed by atoms with Crippen molar-refractivity contribution in [3.8, 4) is 0 Å². The molecular weight excluding hydrogens is 294 g/mol. The molecule has 1 N–H and O–H groups in total. The SMILES string of the molecule is CC(C)(CCCc1ccccc1)C(=O)N1CCOC(C(=O)O)C1. The van der Waals surface area contributed by atoms with Crippen LogP contribution < -0.4 is 0 Å². The smallest absolute Gasteiger partial charge is 0.334 e. The van der Waals surface area contributed by atoms with Gasteiger partial charge in [-0.05, 0) is 24.8 Å². The van der Waals surface area contributed by atoms with Crippen LogP contribution in [0, 0.1) is 5.41 Å². The number of rotatable bonds is 6. The molecule has 0 spiro atoms. The van der Waals surface area contributed by atoms with Gasteiger partial charge in [0.1, 0.15) is 0 Å². The van der Waals surface area contributed by atoms with E-state index in [1.165, 1.54) is 5.56 Å². The minimum Gasteiger partial charge on any atom is -0.479 e. The molecule has 1 aliphatic rings. The van der Waals surface area contributed by atoms with Gasteiger partial charge >= 0.3 is 5.97 Å². The average Bonchev–Trinajstić information content (AvgIpc) is 2.55. The van der Waals surface area contributed by atoms with Crippen molar-refractivity contribution in [2.45, 2.75) is 39.2 Å². The predicted octanol–water partition coefficient (Wildman–Crippen LogP) is 2.35. The van der Waals surface area contributed by atoms with Crippen molar-refractivity contribution < 1.29 is 19.4 Å². The zero-order chi connectivity index (χ0) is 16.9. The Morgan fingerprint density at radius 3 is 2.65 bits per heavy atom. The van der Waals surface area contributed by atoms with Crippen LogP contribution in [0.25, 0.3) is 0 Å². The van der Waals surface area contributed by atoms with Crippen molar-refractivity contribution in [2.75, 3.05) is 19.7 Å². The summed E-state index contributed by atoms with van der Waals surface area (Å²) in [4.78, 5) is 25.4. The maximum atomic E-state index is 12.7. The summed E-state index contributed by atoms with van der Waals surface area (Å²) >= 11 is 0. The van der Waals surface area contributed by atoms with Crippen LogP contribution in [0.4, 0.5) is 0 Å². The van der Waals surface area contributed by atoms with E-state index in [0.717, 1.165) is 19.3 Å². The fourth-order valence-corrected chi connectivity index (χ4v) is 2.90. The fraction of sp³-hybridized carbons (Fsp3) is 0.556. The summed E-state index contributed by atoms with van der Waals surface area (Å²) in [6.45, 7) is 4.75. The number of nitrogens with zero attached hydrogens (tertiary/aromatic N) is 1. The molecule has 0 saturated carbocycles. The highest BCUT2D eigenvalue weighted by Crippen LogP contribution is 2.27. The Kier molecular flexibility index (Phi) is 5.77. The third kappa shape index (κ3) is 4.79. The van der Waals surface area contributed by atoms with Gasteiger partial charge < -0.3 is 14.7 Å². The van der Waals surface area contributed by atoms with Gasteiger partial charge in [-0.1, -0.05) is 44.2 Å². The highest BCUT2D eigenvalue weighted by atomic mass is 16.5. The molecule has 0 aliphatic carbocycles. The summed E-state index contributed by atoms with van der Waals surface area (Å²) < 4.78 is 5.18. The molecule has 5 nitrogen and oxygen atoms in total. The highest BCUT2D eigenvalue weighted by Gasteiger charge is 2.36. The Hall–Kier alpha value is -1.88. The van der Waals surface area contributed by atoms with Gasteiger partial charge in [0.25, 0.3) is 0 Å². The van der Waals surface area contributed by atoms with E-state index < -0.39 is 17.5 Å². The number of benzene rings is 1. The van der Waals surface area contributed by atoms with E-state index in [9.17, 15) is 9.59 Å². The van der Waals surface area contributed by atoms with Gasteiger partial charge in [-0.3, -0.25) is 4.79 Å². The number of carboxylic acid groups (broad SMARTS) is 1. The van der Waals surface area contributed by atoms with E-state index in [1.807, 2.05) is 32.0 Å². The molecule has 1 amide bonds. The summed E-state index contributed by atoms with van der Waals surface area (Å²) in [5, 5.41) is 9.05. The van der Waals surface area contributed by atoms with Crippen molar-refractivity contribution in [2.24, 2.45) is 5.41 Å². The number of ether oxygens (including phenoxy) is 1. The molecule has 1 saturated heterocycles. The lowest BCUT2D eigenvalue weighted by Gasteiger charge is -2.36. The van der Waals surface area contributed by atoms with E-state index in [1.54, 1.807) is 4.90 Å². The summed E-state index contributed by atoms with van der Waals surface area (Å²) in [5.74, 6) is -0.996. The van der Waals surface area contributed by atoms with E-state index in [4.69, 9.17) is 9.84 Å². The first kappa shape index (κ1) is 17.5. The summed E-state index contributed by atoms with van der Waals surface area (Å²) in [7, 11) is 0. The second kappa shape index (κ2) is 7.59. The molecule has 0 bridgehead atoms. The van der Waals surface area contributed by atoms with Crippen LogP contribution in [0.2, 0.25) is 0 Å². The Labute approximate surface area is 137 Å². The maximum Gasteiger partial charge on any atom is 0.334 e. The van der Waals surface area contributed by atoms with Crippen molar-refractivity contribution >= 4 is 11.9 Å². The van der Waals surface area contributed by atoms with Gasteiger partial charge in [0, 0.05) is 12.0 Å². The second-order valence-corrected chi connectivity index (χ2v) is 6.67. The van der Waals surface area contributed by atoms with Crippen molar-refractivity contribution in [1.82, 2.24) is 4.90 Å². The number of amides is 1. The monoisotopic (exact) mass is 319 g/mol. The van der Waals surface area contributed by atoms with Gasteiger partial charge in [-0.25, -0.2) is 4.79 Å². The Morgan fingerprint density at radius 1 is 1.30 bits per heavy atom. The summed E-state index contributed by atoms with van der Waals surface area (Å²) in [6, 6.07) is 10.2. The molecule has 1 atom stereocenters. The van der Waals surface area contributed by atoms with Crippen molar-refractivity contribution in [3.05, 3.63) is 35.9 Å². The Bertz CT molecular complexity index is 541. The fourth-order valence-electron chi connectivity index (χ4n) is 2.90. The van der Waals surface area contributed by atoms with E-state index in [0.29, 0.717) is 6.54 Å². The normalized spacial score (nSPS) is 18.7. The molecule has 0 aromatic heterocycles. The third-order valence-corrected chi connectivity index (χ3v) is 4.32. The molecule has 1 heterocycles. The van der Waals surface area contributed by atoms with Crippen LogP contribution in [-0.4, -0.2) is 47.7 Å².